The van der Waals surface area contributed by atoms with Gasteiger partial charge in [0.25, 0.3) is 5.56 Å². The Bertz CT molecular complexity index is 1480. The van der Waals surface area contributed by atoms with Crippen molar-refractivity contribution >= 4 is 22.8 Å². The molecule has 2 aromatic carbocycles. The molecule has 0 aliphatic carbocycles. The van der Waals surface area contributed by atoms with E-state index >= 15 is 0 Å². The fraction of sp³-hybridized carbons (Fsp3) is 0.250. The molecule has 4 rings (SSSR count). The summed E-state index contributed by atoms with van der Waals surface area (Å²) in [5, 5.41) is 24.5. The van der Waals surface area contributed by atoms with Crippen molar-refractivity contribution in [2.75, 3.05) is 12.0 Å². The maximum Gasteiger partial charge on any atom is 0.329 e. The number of nitrogens with one attached hydrogen (secondary N) is 2. The summed E-state index contributed by atoms with van der Waals surface area (Å²) in [7, 11) is 1.49. The third-order valence-corrected chi connectivity index (χ3v) is 5.47. The first kappa shape index (κ1) is 23.8. The molecule has 0 amide bonds. The second kappa shape index (κ2) is 9.85. The van der Waals surface area contributed by atoms with Crippen molar-refractivity contribution in [3.8, 4) is 11.5 Å². The lowest BCUT2D eigenvalue weighted by Crippen LogP contribution is -2.30. The van der Waals surface area contributed by atoms with Crippen molar-refractivity contribution in [2.24, 2.45) is 12.1 Å². The number of hydrazone groups is 1. The molecule has 1 atom stereocenters. The quantitative estimate of drug-likeness (QED) is 0.223. The lowest BCUT2D eigenvalue weighted by molar-refractivity contribution is 0.0938. The van der Waals surface area contributed by atoms with Gasteiger partial charge in [0.15, 0.2) is 11.2 Å². The van der Waals surface area contributed by atoms with Gasteiger partial charge >= 0.3 is 5.69 Å². The van der Waals surface area contributed by atoms with Crippen LogP contribution in [0.5, 0.6) is 11.5 Å². The Morgan fingerprint density at radius 1 is 1.17 bits per heavy atom. The van der Waals surface area contributed by atoms with Crippen LogP contribution in [-0.2, 0) is 13.6 Å². The number of aliphatic hydroxyl groups is 1. The van der Waals surface area contributed by atoms with Crippen LogP contribution in [-0.4, -0.2) is 47.7 Å². The monoisotopic (exact) mass is 478 g/mol. The zero-order chi connectivity index (χ0) is 25.1. The van der Waals surface area contributed by atoms with Crippen LogP contribution in [0.2, 0.25) is 0 Å². The maximum atomic E-state index is 12.6. The van der Waals surface area contributed by atoms with E-state index in [1.165, 1.54) is 16.2 Å². The number of aliphatic hydroxyl groups excluding tert-OH is 1. The number of hydrogen-bond donors (Lipinski definition) is 4. The smallest absolute Gasteiger partial charge is 0.329 e. The number of aryl methyl sites for hydroxylation is 2. The molecule has 0 saturated carbocycles. The zero-order valence-corrected chi connectivity index (χ0v) is 19.5. The van der Waals surface area contributed by atoms with E-state index in [4.69, 9.17) is 4.74 Å². The van der Waals surface area contributed by atoms with Gasteiger partial charge in [-0.3, -0.25) is 14.3 Å². The molecule has 4 aromatic rings. The van der Waals surface area contributed by atoms with E-state index in [-0.39, 0.29) is 36.0 Å². The molecule has 0 saturated heterocycles. The number of benzene rings is 2. The van der Waals surface area contributed by atoms with Crippen molar-refractivity contribution in [3.05, 3.63) is 80.5 Å². The number of fused-ring (bicyclic) bond motifs is 1. The van der Waals surface area contributed by atoms with Gasteiger partial charge in [0.1, 0.15) is 24.2 Å². The molecule has 35 heavy (non-hydrogen) atoms. The van der Waals surface area contributed by atoms with Crippen molar-refractivity contribution in [3.63, 3.8) is 0 Å². The SMILES string of the molecule is C/C(=N\Nc1nc2c(c(=O)[nH]c(=O)n2C)n1CC(O)COc1ccc(C)cc1)c1ccc(O)cc1. The van der Waals surface area contributed by atoms with E-state index in [9.17, 15) is 19.8 Å². The third kappa shape index (κ3) is 5.25. The Kier molecular flexibility index (Phi) is 6.69. The molecule has 11 heteroatoms. The molecule has 0 aliphatic heterocycles. The van der Waals surface area contributed by atoms with Gasteiger partial charge in [-0.1, -0.05) is 17.7 Å². The number of phenols is 1. The Hall–Kier alpha value is -4.38. The molecule has 182 valence electrons. The lowest BCUT2D eigenvalue weighted by Gasteiger charge is -2.15. The predicted octanol–water partition coefficient (Wildman–Crippen LogP) is 1.71. The molecule has 2 heterocycles. The number of aromatic hydroxyl groups is 1. The second-order valence-corrected chi connectivity index (χ2v) is 8.17. The van der Waals surface area contributed by atoms with Gasteiger partial charge < -0.3 is 19.5 Å². The minimum Gasteiger partial charge on any atom is -0.508 e. The molecule has 0 spiro atoms. The summed E-state index contributed by atoms with van der Waals surface area (Å²) in [6, 6.07) is 13.9. The molecule has 0 fully saturated rings. The Morgan fingerprint density at radius 2 is 1.86 bits per heavy atom. The van der Waals surface area contributed by atoms with Gasteiger partial charge in [-0.2, -0.15) is 10.1 Å². The fourth-order valence-corrected chi connectivity index (χ4v) is 3.49. The molecule has 11 nitrogen and oxygen atoms in total. The average molecular weight is 479 g/mol. The number of phenolic OH excluding ortho intramolecular Hbond substituents is 1. The summed E-state index contributed by atoms with van der Waals surface area (Å²) in [5.41, 5.74) is 4.29. The molecule has 0 radical (unpaired) electrons. The second-order valence-electron chi connectivity index (χ2n) is 8.17. The van der Waals surface area contributed by atoms with Gasteiger partial charge in [0, 0.05) is 7.05 Å². The number of hydrogen-bond acceptors (Lipinski definition) is 8. The molecule has 4 N–H and O–H groups in total. The standard InChI is InChI=1S/C24H26N6O5/c1-14-4-10-19(11-5-14)35-13-18(32)12-30-20-21(29(3)24(34)26-22(20)33)25-23(30)28-27-15(2)16-6-8-17(31)9-7-16/h4-11,18,31-32H,12-13H2,1-3H3,(H,25,28)(H,26,33,34)/b27-15+. The van der Waals surface area contributed by atoms with Gasteiger partial charge in [-0.15, -0.1) is 0 Å². The van der Waals surface area contributed by atoms with Crippen LogP contribution >= 0.6 is 0 Å². The highest BCUT2D eigenvalue weighted by molar-refractivity contribution is 5.99. The number of imidazole rings is 1. The third-order valence-electron chi connectivity index (χ3n) is 5.47. The van der Waals surface area contributed by atoms with Crippen LogP contribution in [0.4, 0.5) is 5.95 Å². The number of aromatic nitrogens is 4. The molecule has 0 bridgehead atoms. The Balaban J connectivity index is 1.64. The van der Waals surface area contributed by atoms with Crippen LogP contribution < -0.4 is 21.4 Å². The van der Waals surface area contributed by atoms with Crippen molar-refractivity contribution in [1.82, 2.24) is 19.1 Å². The Labute approximate surface area is 200 Å². The van der Waals surface area contributed by atoms with Crippen molar-refractivity contribution < 1.29 is 14.9 Å². The van der Waals surface area contributed by atoms with E-state index in [1.54, 1.807) is 31.2 Å². The first-order valence-corrected chi connectivity index (χ1v) is 10.9. The maximum absolute atomic E-state index is 12.6. The van der Waals surface area contributed by atoms with Crippen LogP contribution in [0.25, 0.3) is 11.2 Å². The Morgan fingerprint density at radius 3 is 2.54 bits per heavy atom. The fourth-order valence-electron chi connectivity index (χ4n) is 3.49. The minimum absolute atomic E-state index is 0.0261. The van der Waals surface area contributed by atoms with Crippen LogP contribution in [0.15, 0.2) is 63.2 Å². The summed E-state index contributed by atoms with van der Waals surface area (Å²) >= 11 is 0. The van der Waals surface area contributed by atoms with E-state index in [0.29, 0.717) is 11.5 Å². The van der Waals surface area contributed by atoms with Crippen molar-refractivity contribution in [2.45, 2.75) is 26.5 Å². The summed E-state index contributed by atoms with van der Waals surface area (Å²) < 4.78 is 8.34. The zero-order valence-electron chi connectivity index (χ0n) is 19.5. The summed E-state index contributed by atoms with van der Waals surface area (Å²) in [4.78, 5) is 31.4. The predicted molar refractivity (Wildman–Crippen MR) is 132 cm³/mol. The van der Waals surface area contributed by atoms with Gasteiger partial charge in [-0.05, 0) is 55.8 Å². The highest BCUT2D eigenvalue weighted by Crippen LogP contribution is 2.18. The summed E-state index contributed by atoms with van der Waals surface area (Å²) in [6.07, 6.45) is -0.993. The van der Waals surface area contributed by atoms with E-state index in [1.807, 2.05) is 31.2 Å². The molecule has 0 aliphatic rings. The van der Waals surface area contributed by atoms with E-state index in [0.717, 1.165) is 11.1 Å². The number of H-pyrrole nitrogens is 1. The molecular formula is C24H26N6O5. The van der Waals surface area contributed by atoms with Crippen molar-refractivity contribution in [1.29, 1.82) is 0 Å². The highest BCUT2D eigenvalue weighted by atomic mass is 16.5. The summed E-state index contributed by atoms with van der Waals surface area (Å²) in [5.74, 6) is 0.912. The average Bonchev–Trinajstić information content (AvgIpc) is 3.20. The van der Waals surface area contributed by atoms with Gasteiger partial charge in [0.2, 0.25) is 5.95 Å². The highest BCUT2D eigenvalue weighted by Gasteiger charge is 2.20. The number of nitrogens with zero attached hydrogens (tertiary/aromatic N) is 4. The normalized spacial score (nSPS) is 12.6. The number of ether oxygens (including phenoxy) is 1. The topological polar surface area (TPSA) is 147 Å². The molecular weight excluding hydrogens is 452 g/mol. The van der Waals surface area contributed by atoms with Crippen LogP contribution in [0.1, 0.15) is 18.1 Å². The first-order valence-electron chi connectivity index (χ1n) is 10.9. The number of aromatic amines is 1. The van der Waals surface area contributed by atoms with Crippen LogP contribution in [0.3, 0.4) is 0 Å². The largest absolute Gasteiger partial charge is 0.508 e. The summed E-state index contributed by atoms with van der Waals surface area (Å²) in [6.45, 7) is 3.66. The number of rotatable bonds is 8. The molecule has 1 unspecified atom stereocenters. The minimum atomic E-state index is -0.993. The van der Waals surface area contributed by atoms with Gasteiger partial charge in [0.05, 0.1) is 12.3 Å². The molecule has 2 aromatic heterocycles. The lowest BCUT2D eigenvalue weighted by atomic mass is 10.1. The first-order chi connectivity index (χ1) is 16.7. The van der Waals surface area contributed by atoms with Crippen LogP contribution in [0, 0.1) is 6.92 Å². The van der Waals surface area contributed by atoms with E-state index in [2.05, 4.69) is 20.5 Å². The van der Waals surface area contributed by atoms with E-state index < -0.39 is 17.4 Å². The van der Waals surface area contributed by atoms with Gasteiger partial charge in [-0.25, -0.2) is 10.2 Å². The number of anilines is 1.